The number of aromatic amines is 1. The van der Waals surface area contributed by atoms with Gasteiger partial charge in [0.15, 0.2) is 0 Å². The van der Waals surface area contributed by atoms with E-state index in [9.17, 15) is 29.4 Å². The molecule has 0 spiro atoms. The van der Waals surface area contributed by atoms with Crippen molar-refractivity contribution in [2.24, 2.45) is 5.73 Å². The molecule has 0 aliphatic rings. The van der Waals surface area contributed by atoms with Gasteiger partial charge in [-0.3, -0.25) is 19.2 Å². The van der Waals surface area contributed by atoms with Gasteiger partial charge in [0, 0.05) is 31.2 Å². The number of amides is 3. The zero-order chi connectivity index (χ0) is 28.4. The normalized spacial score (nSPS) is 13.9. The fourth-order valence-electron chi connectivity index (χ4n) is 3.79. The number of rotatable bonds is 13. The first-order chi connectivity index (χ1) is 18.6. The number of aliphatic carboxylic acids is 1. The summed E-state index contributed by atoms with van der Waals surface area (Å²) in [6.45, 7) is 1.32. The highest BCUT2D eigenvalue weighted by Crippen LogP contribution is 2.12. The van der Waals surface area contributed by atoms with Crippen LogP contribution in [0.2, 0.25) is 0 Å². The lowest BCUT2D eigenvalue weighted by atomic mass is 10.0. The fourth-order valence-corrected chi connectivity index (χ4v) is 3.79. The zero-order valence-electron chi connectivity index (χ0n) is 21.3. The molecule has 0 fully saturated rings. The van der Waals surface area contributed by atoms with Crippen LogP contribution in [0.15, 0.2) is 67.1 Å². The molecule has 0 bridgehead atoms. The lowest BCUT2D eigenvalue weighted by Gasteiger charge is -2.25. The van der Waals surface area contributed by atoms with E-state index in [-0.39, 0.29) is 25.0 Å². The van der Waals surface area contributed by atoms with Gasteiger partial charge in [-0.2, -0.15) is 0 Å². The Bertz CT molecular complexity index is 1250. The average Bonchev–Trinajstić information content (AvgIpc) is 3.42. The summed E-state index contributed by atoms with van der Waals surface area (Å²) >= 11 is 0. The summed E-state index contributed by atoms with van der Waals surface area (Å²) in [6, 6.07) is 10.6. The molecule has 4 unspecified atom stereocenters. The van der Waals surface area contributed by atoms with Crippen molar-refractivity contribution in [3.05, 3.63) is 83.9 Å². The molecule has 3 aromatic rings. The molecule has 1 aromatic heterocycles. The second-order valence-corrected chi connectivity index (χ2v) is 9.14. The van der Waals surface area contributed by atoms with Crippen LogP contribution in [0.1, 0.15) is 23.7 Å². The maximum absolute atomic E-state index is 13.5. The monoisotopic (exact) mass is 536 g/mol. The van der Waals surface area contributed by atoms with Crippen LogP contribution in [0.3, 0.4) is 0 Å². The van der Waals surface area contributed by atoms with Crippen LogP contribution in [0.5, 0.6) is 5.75 Å². The molecule has 39 heavy (non-hydrogen) atoms. The third kappa shape index (κ3) is 8.97. The molecule has 3 amide bonds. The van der Waals surface area contributed by atoms with Crippen LogP contribution in [-0.2, 0) is 38.4 Å². The number of hydrogen-bond donors (Lipinski definition) is 7. The van der Waals surface area contributed by atoms with Crippen molar-refractivity contribution in [3.8, 4) is 5.75 Å². The first kappa shape index (κ1) is 28.9. The Balaban J connectivity index is 1.80. The van der Waals surface area contributed by atoms with E-state index in [2.05, 4.69) is 25.9 Å². The third-order valence-electron chi connectivity index (χ3n) is 5.99. The summed E-state index contributed by atoms with van der Waals surface area (Å²) in [5.74, 6) is -3.13. The van der Waals surface area contributed by atoms with Gasteiger partial charge in [0.05, 0.1) is 12.4 Å². The van der Waals surface area contributed by atoms with Crippen LogP contribution in [0.4, 0.5) is 0 Å². The number of nitrogens with zero attached hydrogens (tertiary/aromatic N) is 1. The zero-order valence-corrected chi connectivity index (χ0v) is 21.3. The quantitative estimate of drug-likeness (QED) is 0.159. The van der Waals surface area contributed by atoms with Crippen molar-refractivity contribution in [2.45, 2.75) is 50.4 Å². The topological polar surface area (TPSA) is 200 Å². The minimum absolute atomic E-state index is 0.0394. The number of phenolic OH excluding ortho intramolecular Hbond substituents is 1. The molecule has 0 aliphatic carbocycles. The van der Waals surface area contributed by atoms with Crippen molar-refractivity contribution >= 4 is 23.7 Å². The Labute approximate surface area is 225 Å². The van der Waals surface area contributed by atoms with Crippen LogP contribution in [0, 0.1) is 0 Å². The van der Waals surface area contributed by atoms with E-state index in [4.69, 9.17) is 5.73 Å². The highest BCUT2D eigenvalue weighted by atomic mass is 16.4. The molecule has 2 aromatic carbocycles. The lowest BCUT2D eigenvalue weighted by molar-refractivity contribution is -0.141. The second kappa shape index (κ2) is 13.7. The smallest absolute Gasteiger partial charge is 0.325 e. The molecule has 0 saturated heterocycles. The number of carbonyl (C=O) groups excluding carboxylic acids is 3. The first-order valence-electron chi connectivity index (χ1n) is 12.3. The number of aromatic nitrogens is 2. The van der Waals surface area contributed by atoms with Crippen molar-refractivity contribution < 1.29 is 29.4 Å². The van der Waals surface area contributed by atoms with Gasteiger partial charge in [0.2, 0.25) is 17.7 Å². The largest absolute Gasteiger partial charge is 0.508 e. The summed E-state index contributed by atoms with van der Waals surface area (Å²) in [5.41, 5.74) is 8.08. The summed E-state index contributed by atoms with van der Waals surface area (Å²) in [7, 11) is 0. The number of carbonyl (C=O) groups is 4. The number of benzene rings is 2. The fraction of sp³-hybridized carbons (Fsp3) is 0.296. The minimum Gasteiger partial charge on any atom is -0.508 e. The van der Waals surface area contributed by atoms with E-state index in [1.165, 1.54) is 25.4 Å². The molecular weight excluding hydrogens is 504 g/mol. The summed E-state index contributed by atoms with van der Waals surface area (Å²) < 4.78 is 0. The SMILES string of the molecule is CC(NC(=O)C(Cc1ccccc1)NC(=O)C(Cc1ccc(O)cc1)NC(=O)C(N)Cc1cnc[nH]1)C(=O)O. The predicted molar refractivity (Wildman–Crippen MR) is 141 cm³/mol. The standard InChI is InChI=1S/C27H32N6O6/c1-16(27(38)39)31-25(36)22(11-17-5-3-2-4-6-17)33-26(37)23(12-18-7-9-20(34)10-8-18)32-24(35)21(28)13-19-14-29-15-30-19/h2-10,14-16,21-23,34H,11-13,28H2,1H3,(H,29,30)(H,31,36)(H,32,35)(H,33,37)(H,38,39). The number of carboxylic acid groups (broad SMARTS) is 1. The van der Waals surface area contributed by atoms with Gasteiger partial charge in [0.25, 0.3) is 0 Å². The van der Waals surface area contributed by atoms with E-state index >= 15 is 0 Å². The average molecular weight is 537 g/mol. The van der Waals surface area contributed by atoms with Crippen molar-refractivity contribution in [1.82, 2.24) is 25.9 Å². The molecule has 12 nitrogen and oxygen atoms in total. The highest BCUT2D eigenvalue weighted by Gasteiger charge is 2.30. The van der Waals surface area contributed by atoms with Crippen LogP contribution in [-0.4, -0.2) is 68.0 Å². The number of aromatic hydroxyl groups is 1. The maximum Gasteiger partial charge on any atom is 0.325 e. The van der Waals surface area contributed by atoms with E-state index in [1.54, 1.807) is 48.7 Å². The van der Waals surface area contributed by atoms with Crippen molar-refractivity contribution in [1.29, 1.82) is 0 Å². The van der Waals surface area contributed by atoms with Gasteiger partial charge in [-0.1, -0.05) is 42.5 Å². The van der Waals surface area contributed by atoms with Gasteiger partial charge >= 0.3 is 5.97 Å². The van der Waals surface area contributed by atoms with Gasteiger partial charge in [0.1, 0.15) is 23.9 Å². The molecular formula is C27H32N6O6. The molecule has 1 heterocycles. The van der Waals surface area contributed by atoms with Gasteiger partial charge in [-0.15, -0.1) is 0 Å². The number of nitrogens with one attached hydrogen (secondary N) is 4. The van der Waals surface area contributed by atoms with E-state index in [0.717, 1.165) is 5.56 Å². The maximum atomic E-state index is 13.5. The molecule has 0 aliphatic heterocycles. The molecule has 12 heteroatoms. The number of hydrogen-bond acceptors (Lipinski definition) is 7. The van der Waals surface area contributed by atoms with Gasteiger partial charge in [-0.25, -0.2) is 4.98 Å². The van der Waals surface area contributed by atoms with E-state index in [0.29, 0.717) is 11.3 Å². The molecule has 206 valence electrons. The van der Waals surface area contributed by atoms with Crippen molar-refractivity contribution in [2.75, 3.05) is 0 Å². The first-order valence-corrected chi connectivity index (χ1v) is 12.3. The Morgan fingerprint density at radius 2 is 1.41 bits per heavy atom. The minimum atomic E-state index is -1.23. The molecule has 0 saturated carbocycles. The number of carboxylic acids is 1. The number of phenols is 1. The highest BCUT2D eigenvalue weighted by molar-refractivity contribution is 5.94. The molecule has 3 rings (SSSR count). The van der Waals surface area contributed by atoms with E-state index in [1.807, 2.05) is 0 Å². The predicted octanol–water partition coefficient (Wildman–Crippen LogP) is 0.0294. The van der Waals surface area contributed by atoms with Crippen LogP contribution < -0.4 is 21.7 Å². The summed E-state index contributed by atoms with van der Waals surface area (Å²) in [5, 5.41) is 26.5. The van der Waals surface area contributed by atoms with Gasteiger partial charge < -0.3 is 36.9 Å². The third-order valence-corrected chi connectivity index (χ3v) is 5.99. The number of nitrogens with two attached hydrogens (primary N) is 1. The van der Waals surface area contributed by atoms with E-state index < -0.39 is 47.9 Å². The van der Waals surface area contributed by atoms with Crippen LogP contribution in [0.25, 0.3) is 0 Å². The Morgan fingerprint density at radius 1 is 0.846 bits per heavy atom. The lowest BCUT2D eigenvalue weighted by Crippen LogP contribution is -2.58. The van der Waals surface area contributed by atoms with Crippen LogP contribution >= 0.6 is 0 Å². The Kier molecular flexibility index (Phi) is 10.2. The summed E-state index contributed by atoms with van der Waals surface area (Å²) in [4.78, 5) is 57.5. The Hall–Kier alpha value is -4.71. The molecule has 0 radical (unpaired) electrons. The van der Waals surface area contributed by atoms with Crippen molar-refractivity contribution in [3.63, 3.8) is 0 Å². The number of H-pyrrole nitrogens is 1. The summed E-state index contributed by atoms with van der Waals surface area (Å²) in [6.07, 6.45) is 3.29. The number of imidazole rings is 1. The second-order valence-electron chi connectivity index (χ2n) is 9.14. The Morgan fingerprint density at radius 3 is 1.97 bits per heavy atom. The van der Waals surface area contributed by atoms with Gasteiger partial charge in [-0.05, 0) is 30.2 Å². The molecule has 4 atom stereocenters. The molecule has 8 N–H and O–H groups in total.